The molecule has 0 N–H and O–H groups in total. The third-order valence-electron chi connectivity index (χ3n) is 7.73. The zero-order valence-corrected chi connectivity index (χ0v) is 21.5. The van der Waals surface area contributed by atoms with Gasteiger partial charge in [-0.3, -0.25) is 4.98 Å². The van der Waals surface area contributed by atoms with Gasteiger partial charge >= 0.3 is 0 Å². The Morgan fingerprint density at radius 2 is 1.72 bits per heavy atom. The molecule has 0 bridgehead atoms. The van der Waals surface area contributed by atoms with Crippen LogP contribution < -0.4 is 0 Å². The number of aryl methyl sites for hydroxylation is 2. The number of aromatic nitrogens is 5. The number of benzene rings is 2. The Bertz CT molecular complexity index is 1510. The van der Waals surface area contributed by atoms with E-state index in [1.54, 1.807) is 0 Å². The number of nitrogens with zero attached hydrogens (tertiary/aromatic N) is 5. The molecule has 1 saturated heterocycles. The molecule has 36 heavy (non-hydrogen) atoms. The van der Waals surface area contributed by atoms with Crippen molar-refractivity contribution >= 4 is 21.9 Å². The van der Waals surface area contributed by atoms with E-state index < -0.39 is 0 Å². The summed E-state index contributed by atoms with van der Waals surface area (Å²) in [7, 11) is 1.94. The third kappa shape index (κ3) is 3.80. The first-order chi connectivity index (χ1) is 17.5. The predicted octanol–water partition coefficient (Wildman–Crippen LogP) is 6.43. The third-order valence-corrected chi connectivity index (χ3v) is 7.73. The van der Waals surface area contributed by atoms with Crippen LogP contribution in [0.5, 0.6) is 0 Å². The van der Waals surface area contributed by atoms with Gasteiger partial charge in [0.2, 0.25) is 0 Å². The fraction of sp³-hybridized carbons (Fsp3) is 0.367. The van der Waals surface area contributed by atoms with Crippen molar-refractivity contribution < 1.29 is 4.74 Å². The summed E-state index contributed by atoms with van der Waals surface area (Å²) in [6, 6.07) is 20.4. The standard InChI is InChI=1S/C30H33N5O/c1-19(2)23-10-11-25-26(16-23)35(30(21-8-6-5-7-9-21)22-12-14-36-15-13-22)27-17-24(18-31-28(25)27)29-20(3)32-33-34(29)4/h5-11,16-19,22,30H,12-15H2,1-4H3/t30-/m1/s1. The molecule has 6 nitrogen and oxygen atoms in total. The molecule has 0 aliphatic carbocycles. The van der Waals surface area contributed by atoms with Gasteiger partial charge in [0.15, 0.2) is 0 Å². The van der Waals surface area contributed by atoms with E-state index in [4.69, 9.17) is 9.72 Å². The Morgan fingerprint density at radius 3 is 2.42 bits per heavy atom. The van der Waals surface area contributed by atoms with Crippen molar-refractivity contribution in [3.8, 4) is 11.3 Å². The van der Waals surface area contributed by atoms with Crippen LogP contribution in [0.3, 0.4) is 0 Å². The number of fused-ring (bicyclic) bond motifs is 3. The van der Waals surface area contributed by atoms with E-state index in [-0.39, 0.29) is 6.04 Å². The smallest absolute Gasteiger partial charge is 0.0960 e. The van der Waals surface area contributed by atoms with Crippen LogP contribution in [0.15, 0.2) is 60.8 Å². The van der Waals surface area contributed by atoms with Crippen molar-refractivity contribution in [1.29, 1.82) is 0 Å². The lowest BCUT2D eigenvalue weighted by Gasteiger charge is -2.33. The van der Waals surface area contributed by atoms with Crippen LogP contribution in [0, 0.1) is 12.8 Å². The van der Waals surface area contributed by atoms with Gasteiger partial charge in [0, 0.05) is 37.4 Å². The van der Waals surface area contributed by atoms with Crippen LogP contribution in [0.1, 0.15) is 55.5 Å². The molecule has 1 aliphatic heterocycles. The fourth-order valence-corrected chi connectivity index (χ4v) is 5.88. The van der Waals surface area contributed by atoms with Gasteiger partial charge in [-0.1, -0.05) is 61.5 Å². The monoisotopic (exact) mass is 479 g/mol. The maximum Gasteiger partial charge on any atom is 0.0960 e. The Morgan fingerprint density at radius 1 is 0.944 bits per heavy atom. The molecule has 0 saturated carbocycles. The van der Waals surface area contributed by atoms with E-state index in [1.807, 2.05) is 24.9 Å². The SMILES string of the molecule is Cc1nnn(C)c1-c1cnc2c3ccc(C(C)C)cc3n([C@H](c3ccccc3)C3CCOCC3)c2c1. The number of ether oxygens (including phenoxy) is 1. The van der Waals surface area contributed by atoms with Crippen molar-refractivity contribution in [2.24, 2.45) is 13.0 Å². The molecule has 1 atom stereocenters. The number of hydrogen-bond acceptors (Lipinski definition) is 4. The molecule has 5 aromatic rings. The Balaban J connectivity index is 1.68. The van der Waals surface area contributed by atoms with Gasteiger partial charge in [-0.25, -0.2) is 4.68 Å². The molecule has 6 rings (SSSR count). The molecule has 0 amide bonds. The van der Waals surface area contributed by atoms with Crippen LogP contribution in [-0.2, 0) is 11.8 Å². The van der Waals surface area contributed by atoms with E-state index in [2.05, 4.69) is 83.3 Å². The molecule has 2 aromatic carbocycles. The minimum atomic E-state index is 0.195. The molecule has 4 heterocycles. The molecular formula is C30H33N5O. The summed E-state index contributed by atoms with van der Waals surface area (Å²) in [4.78, 5) is 5.05. The number of pyridine rings is 1. The quantitative estimate of drug-likeness (QED) is 0.291. The van der Waals surface area contributed by atoms with Gasteiger partial charge in [0.05, 0.1) is 34.0 Å². The minimum Gasteiger partial charge on any atom is -0.381 e. The van der Waals surface area contributed by atoms with Gasteiger partial charge in [-0.2, -0.15) is 0 Å². The second-order valence-electron chi connectivity index (χ2n) is 10.3. The lowest BCUT2D eigenvalue weighted by Crippen LogP contribution is -2.26. The number of hydrogen-bond donors (Lipinski definition) is 0. The summed E-state index contributed by atoms with van der Waals surface area (Å²) in [6.45, 7) is 8.15. The summed E-state index contributed by atoms with van der Waals surface area (Å²) >= 11 is 0. The van der Waals surface area contributed by atoms with Crippen molar-refractivity contribution in [1.82, 2.24) is 24.5 Å². The minimum absolute atomic E-state index is 0.195. The van der Waals surface area contributed by atoms with E-state index >= 15 is 0 Å². The van der Waals surface area contributed by atoms with Crippen molar-refractivity contribution in [2.45, 2.75) is 45.6 Å². The van der Waals surface area contributed by atoms with Crippen LogP contribution in [0.2, 0.25) is 0 Å². The predicted molar refractivity (Wildman–Crippen MR) is 144 cm³/mol. The van der Waals surface area contributed by atoms with E-state index in [1.165, 1.54) is 22.0 Å². The van der Waals surface area contributed by atoms with Crippen LogP contribution >= 0.6 is 0 Å². The van der Waals surface area contributed by atoms with Gasteiger partial charge in [-0.05, 0) is 54.9 Å². The topological polar surface area (TPSA) is 57.8 Å². The maximum atomic E-state index is 5.78. The summed E-state index contributed by atoms with van der Waals surface area (Å²) in [5, 5.41) is 9.74. The van der Waals surface area contributed by atoms with Crippen LogP contribution in [0.25, 0.3) is 33.2 Å². The molecule has 0 radical (unpaired) electrons. The van der Waals surface area contributed by atoms with E-state index in [9.17, 15) is 0 Å². The summed E-state index contributed by atoms with van der Waals surface area (Å²) in [5.74, 6) is 0.928. The van der Waals surface area contributed by atoms with E-state index in [0.29, 0.717) is 11.8 Å². The first-order valence-electron chi connectivity index (χ1n) is 13.0. The lowest BCUT2D eigenvalue weighted by atomic mass is 9.86. The van der Waals surface area contributed by atoms with Gasteiger partial charge in [-0.15, -0.1) is 5.10 Å². The highest BCUT2D eigenvalue weighted by molar-refractivity contribution is 6.07. The normalized spacial score (nSPS) is 15.8. The van der Waals surface area contributed by atoms with Gasteiger partial charge in [0.25, 0.3) is 0 Å². The van der Waals surface area contributed by atoms with Gasteiger partial charge in [0.1, 0.15) is 0 Å². The Kier molecular flexibility index (Phi) is 5.84. The summed E-state index contributed by atoms with van der Waals surface area (Å²) < 4.78 is 10.2. The molecule has 3 aromatic heterocycles. The Hall–Kier alpha value is -3.51. The van der Waals surface area contributed by atoms with Crippen molar-refractivity contribution in [2.75, 3.05) is 13.2 Å². The van der Waals surface area contributed by atoms with Crippen molar-refractivity contribution in [3.05, 3.63) is 77.6 Å². The summed E-state index contributed by atoms with van der Waals surface area (Å²) in [6.07, 6.45) is 4.06. The maximum absolute atomic E-state index is 5.78. The first kappa shape index (κ1) is 22.9. The average Bonchev–Trinajstić information content (AvgIpc) is 3.41. The largest absolute Gasteiger partial charge is 0.381 e. The fourth-order valence-electron chi connectivity index (χ4n) is 5.88. The highest BCUT2D eigenvalue weighted by Crippen LogP contribution is 2.41. The first-order valence-corrected chi connectivity index (χ1v) is 13.0. The zero-order valence-electron chi connectivity index (χ0n) is 21.5. The molecule has 184 valence electrons. The highest BCUT2D eigenvalue weighted by Gasteiger charge is 2.30. The number of rotatable bonds is 5. The van der Waals surface area contributed by atoms with Crippen LogP contribution in [0.4, 0.5) is 0 Å². The molecule has 1 aliphatic rings. The zero-order chi connectivity index (χ0) is 24.8. The molecular weight excluding hydrogens is 446 g/mol. The average molecular weight is 480 g/mol. The Labute approximate surface area is 211 Å². The van der Waals surface area contributed by atoms with Crippen LogP contribution in [-0.4, -0.2) is 37.8 Å². The second kappa shape index (κ2) is 9.17. The molecule has 0 spiro atoms. The van der Waals surface area contributed by atoms with Crippen molar-refractivity contribution in [3.63, 3.8) is 0 Å². The van der Waals surface area contributed by atoms with Gasteiger partial charge < -0.3 is 9.30 Å². The molecule has 1 fully saturated rings. The van der Waals surface area contributed by atoms with E-state index in [0.717, 1.165) is 54.0 Å². The second-order valence-corrected chi connectivity index (χ2v) is 10.3. The summed E-state index contributed by atoms with van der Waals surface area (Å²) in [5.41, 5.74) is 9.09. The molecule has 0 unspecified atom stereocenters. The molecule has 6 heteroatoms. The lowest BCUT2D eigenvalue weighted by molar-refractivity contribution is 0.0553. The highest BCUT2D eigenvalue weighted by atomic mass is 16.5.